The van der Waals surface area contributed by atoms with Crippen LogP contribution in [0.4, 0.5) is 11.4 Å². The Morgan fingerprint density at radius 2 is 1.74 bits per heavy atom. The summed E-state index contributed by atoms with van der Waals surface area (Å²) in [5.74, 6) is -1.19. The monoisotopic (exact) mass is 438 g/mol. The molecular formula is C23H19ClN2O5. The lowest BCUT2D eigenvalue weighted by molar-refractivity contribution is -0.384. The van der Waals surface area contributed by atoms with Crippen molar-refractivity contribution in [2.75, 3.05) is 5.32 Å². The maximum Gasteiger partial charge on any atom is 0.311 e. The second-order valence-electron chi connectivity index (χ2n) is 6.79. The van der Waals surface area contributed by atoms with Gasteiger partial charge in [0, 0.05) is 17.7 Å². The number of nitro groups is 1. The van der Waals surface area contributed by atoms with Gasteiger partial charge in [0.1, 0.15) is 0 Å². The summed E-state index contributed by atoms with van der Waals surface area (Å²) in [7, 11) is 0. The van der Waals surface area contributed by atoms with Crippen molar-refractivity contribution < 1.29 is 19.2 Å². The Kier molecular flexibility index (Phi) is 6.99. The molecule has 1 unspecified atom stereocenters. The number of amides is 1. The molecule has 0 radical (unpaired) electrons. The third kappa shape index (κ3) is 5.67. The van der Waals surface area contributed by atoms with E-state index < -0.39 is 22.9 Å². The van der Waals surface area contributed by atoms with Crippen molar-refractivity contribution >= 4 is 34.9 Å². The van der Waals surface area contributed by atoms with E-state index in [1.807, 2.05) is 31.2 Å². The zero-order chi connectivity index (χ0) is 22.4. The number of nitro benzene ring substituents is 1. The molecule has 1 atom stereocenters. The molecule has 0 saturated carbocycles. The number of non-ortho nitro benzene ring substituents is 1. The third-order valence-electron chi connectivity index (χ3n) is 4.61. The van der Waals surface area contributed by atoms with Crippen LogP contribution in [0.25, 0.3) is 0 Å². The number of hydrogen-bond donors (Lipinski definition) is 1. The predicted octanol–water partition coefficient (Wildman–Crippen LogP) is 5.02. The molecule has 31 heavy (non-hydrogen) atoms. The van der Waals surface area contributed by atoms with Crippen LogP contribution in [0.15, 0.2) is 72.8 Å². The van der Waals surface area contributed by atoms with Gasteiger partial charge in [0.25, 0.3) is 11.6 Å². The number of carbonyl (C=O) groups excluding carboxylic acids is 2. The summed E-state index contributed by atoms with van der Waals surface area (Å²) in [6, 6.07) is 19.7. The normalized spacial score (nSPS) is 11.4. The number of halogens is 1. The van der Waals surface area contributed by atoms with Gasteiger partial charge in [0.2, 0.25) is 6.10 Å². The van der Waals surface area contributed by atoms with Gasteiger partial charge < -0.3 is 10.1 Å². The van der Waals surface area contributed by atoms with E-state index in [4.69, 9.17) is 16.3 Å². The first kappa shape index (κ1) is 22.0. The number of carbonyl (C=O) groups is 2. The maximum absolute atomic E-state index is 13.0. The minimum Gasteiger partial charge on any atom is -0.447 e. The van der Waals surface area contributed by atoms with Crippen molar-refractivity contribution in [2.45, 2.75) is 19.4 Å². The summed E-state index contributed by atoms with van der Waals surface area (Å²) in [4.78, 5) is 35.8. The summed E-state index contributed by atoms with van der Waals surface area (Å²) >= 11 is 6.07. The molecule has 0 aliphatic heterocycles. The molecule has 0 heterocycles. The van der Waals surface area contributed by atoms with E-state index in [-0.39, 0.29) is 22.8 Å². The van der Waals surface area contributed by atoms with E-state index in [1.165, 1.54) is 12.1 Å². The van der Waals surface area contributed by atoms with Crippen LogP contribution >= 0.6 is 11.6 Å². The molecule has 0 fully saturated rings. The van der Waals surface area contributed by atoms with E-state index in [1.54, 1.807) is 30.3 Å². The summed E-state index contributed by atoms with van der Waals surface area (Å²) in [5.41, 5.74) is 2.20. The SMILES string of the molecule is Cc1ccccc1CC(=O)OC(C(=O)Nc1ccc([N+](=O)[O-])cc1Cl)c1ccccc1. The molecule has 1 N–H and O–H groups in total. The molecular weight excluding hydrogens is 420 g/mol. The summed E-state index contributed by atoms with van der Waals surface area (Å²) in [6.07, 6.45) is -1.20. The largest absolute Gasteiger partial charge is 0.447 e. The van der Waals surface area contributed by atoms with Crippen molar-refractivity contribution in [3.8, 4) is 0 Å². The first-order valence-electron chi connectivity index (χ1n) is 9.39. The second-order valence-corrected chi connectivity index (χ2v) is 7.20. The zero-order valence-electron chi connectivity index (χ0n) is 16.6. The quantitative estimate of drug-likeness (QED) is 0.317. The number of anilines is 1. The van der Waals surface area contributed by atoms with Gasteiger partial charge in [-0.3, -0.25) is 19.7 Å². The lowest BCUT2D eigenvalue weighted by Crippen LogP contribution is -2.26. The minimum absolute atomic E-state index is 0.000554. The van der Waals surface area contributed by atoms with Crippen molar-refractivity contribution in [1.82, 2.24) is 0 Å². The molecule has 3 aromatic carbocycles. The summed E-state index contributed by atoms with van der Waals surface area (Å²) < 4.78 is 5.53. The van der Waals surface area contributed by atoms with Crippen molar-refractivity contribution in [2.24, 2.45) is 0 Å². The number of nitrogens with one attached hydrogen (secondary N) is 1. The molecule has 7 nitrogen and oxygen atoms in total. The minimum atomic E-state index is -1.22. The van der Waals surface area contributed by atoms with E-state index in [0.29, 0.717) is 5.56 Å². The molecule has 3 aromatic rings. The average molecular weight is 439 g/mol. The van der Waals surface area contributed by atoms with Gasteiger partial charge >= 0.3 is 5.97 Å². The number of benzene rings is 3. The first-order valence-corrected chi connectivity index (χ1v) is 9.76. The number of rotatable bonds is 7. The van der Waals surface area contributed by atoms with Crippen LogP contribution in [0.3, 0.4) is 0 Å². The van der Waals surface area contributed by atoms with Crippen molar-refractivity contribution in [1.29, 1.82) is 0 Å². The van der Waals surface area contributed by atoms with Gasteiger partial charge in [-0.25, -0.2) is 0 Å². The highest BCUT2D eigenvalue weighted by atomic mass is 35.5. The van der Waals surface area contributed by atoms with E-state index >= 15 is 0 Å². The van der Waals surface area contributed by atoms with Crippen LogP contribution in [0.2, 0.25) is 5.02 Å². The Morgan fingerprint density at radius 3 is 2.39 bits per heavy atom. The Balaban J connectivity index is 1.81. The maximum atomic E-state index is 13.0. The predicted molar refractivity (Wildman–Crippen MR) is 117 cm³/mol. The van der Waals surface area contributed by atoms with Gasteiger partial charge in [-0.15, -0.1) is 0 Å². The Bertz CT molecular complexity index is 1120. The highest BCUT2D eigenvalue weighted by Crippen LogP contribution is 2.28. The zero-order valence-corrected chi connectivity index (χ0v) is 17.3. The van der Waals surface area contributed by atoms with Gasteiger partial charge in [0.05, 0.1) is 22.1 Å². The molecule has 0 bridgehead atoms. The molecule has 8 heteroatoms. The van der Waals surface area contributed by atoms with E-state index in [0.717, 1.165) is 17.2 Å². The molecule has 0 aliphatic carbocycles. The fourth-order valence-corrected chi connectivity index (χ4v) is 3.18. The second kappa shape index (κ2) is 9.86. The van der Waals surface area contributed by atoms with E-state index in [9.17, 15) is 19.7 Å². The summed E-state index contributed by atoms with van der Waals surface area (Å²) in [5, 5.41) is 13.5. The highest BCUT2D eigenvalue weighted by molar-refractivity contribution is 6.34. The lowest BCUT2D eigenvalue weighted by atomic mass is 10.1. The van der Waals surface area contributed by atoms with Gasteiger partial charge in [-0.2, -0.15) is 0 Å². The molecule has 158 valence electrons. The van der Waals surface area contributed by atoms with Crippen LogP contribution in [-0.4, -0.2) is 16.8 Å². The Morgan fingerprint density at radius 1 is 1.06 bits per heavy atom. The molecule has 0 aromatic heterocycles. The van der Waals surface area contributed by atoms with Crippen LogP contribution in [-0.2, 0) is 20.7 Å². The number of esters is 1. The average Bonchev–Trinajstić information content (AvgIpc) is 2.75. The highest BCUT2D eigenvalue weighted by Gasteiger charge is 2.26. The standard InChI is InChI=1S/C23H19ClN2O5/c1-15-7-5-6-10-17(15)13-21(27)31-22(16-8-3-2-4-9-16)23(28)25-20-12-11-18(26(29)30)14-19(20)24/h2-12,14,22H,13H2,1H3,(H,25,28). The van der Waals surface area contributed by atoms with Gasteiger partial charge in [0.15, 0.2) is 0 Å². The fraction of sp³-hybridized carbons (Fsp3) is 0.130. The molecule has 1 amide bonds. The smallest absolute Gasteiger partial charge is 0.311 e. The molecule has 3 rings (SSSR count). The van der Waals surface area contributed by atoms with Crippen molar-refractivity contribution in [3.05, 3.63) is 105 Å². The number of ether oxygens (including phenoxy) is 1. The van der Waals surface area contributed by atoms with Gasteiger partial charge in [-0.05, 0) is 24.1 Å². The lowest BCUT2D eigenvalue weighted by Gasteiger charge is -2.19. The van der Waals surface area contributed by atoms with Crippen molar-refractivity contribution in [3.63, 3.8) is 0 Å². The van der Waals surface area contributed by atoms with Gasteiger partial charge in [-0.1, -0.05) is 66.2 Å². The third-order valence-corrected chi connectivity index (χ3v) is 4.92. The Hall–Kier alpha value is -3.71. The molecule has 0 spiro atoms. The number of nitrogens with zero attached hydrogens (tertiary/aromatic N) is 1. The number of hydrogen-bond acceptors (Lipinski definition) is 5. The van der Waals surface area contributed by atoms with E-state index in [2.05, 4.69) is 5.32 Å². The Labute approximate surface area is 183 Å². The first-order chi connectivity index (χ1) is 14.8. The van der Waals surface area contributed by atoms with Crippen LogP contribution < -0.4 is 5.32 Å². The van der Waals surface area contributed by atoms with Crippen LogP contribution in [0.1, 0.15) is 22.8 Å². The summed E-state index contributed by atoms with van der Waals surface area (Å²) in [6.45, 7) is 1.89. The molecule has 0 saturated heterocycles. The topological polar surface area (TPSA) is 98.5 Å². The number of aryl methyl sites for hydroxylation is 1. The van der Waals surface area contributed by atoms with Crippen LogP contribution in [0.5, 0.6) is 0 Å². The fourth-order valence-electron chi connectivity index (χ4n) is 2.96. The van der Waals surface area contributed by atoms with Crippen LogP contribution in [0, 0.1) is 17.0 Å². The molecule has 0 aliphatic rings.